The van der Waals surface area contributed by atoms with Crippen molar-refractivity contribution in [1.82, 2.24) is 4.90 Å². The van der Waals surface area contributed by atoms with E-state index in [1.54, 1.807) is 12.1 Å². The summed E-state index contributed by atoms with van der Waals surface area (Å²) in [5.74, 6) is 0.843. The molecule has 0 saturated carbocycles. The second-order valence-corrected chi connectivity index (χ2v) is 5.76. The minimum atomic E-state index is 0.688. The van der Waals surface area contributed by atoms with Gasteiger partial charge in [-0.1, -0.05) is 6.42 Å². The van der Waals surface area contributed by atoms with Gasteiger partial charge in [-0.15, -0.1) is 0 Å². The molecular weight excluding hydrogens is 250 g/mol. The third-order valence-electron chi connectivity index (χ3n) is 4.22. The molecular formula is C17H25NO2. The smallest absolute Gasteiger partial charge is 0.150 e. The Labute approximate surface area is 121 Å². The van der Waals surface area contributed by atoms with Gasteiger partial charge in [0.05, 0.1) is 6.61 Å². The van der Waals surface area contributed by atoms with Crippen LogP contribution in [-0.2, 0) is 0 Å². The molecule has 1 aromatic carbocycles. The van der Waals surface area contributed by atoms with Crippen LogP contribution in [0, 0.1) is 0 Å². The number of benzene rings is 1. The Morgan fingerprint density at radius 1 is 1.20 bits per heavy atom. The molecule has 0 aromatic heterocycles. The number of hydrogen-bond donors (Lipinski definition) is 0. The Bertz CT molecular complexity index is 406. The fraction of sp³-hybridized carbons (Fsp3) is 0.588. The van der Waals surface area contributed by atoms with Crippen LogP contribution in [0.5, 0.6) is 5.75 Å². The van der Waals surface area contributed by atoms with Crippen LogP contribution in [0.15, 0.2) is 24.3 Å². The molecule has 1 saturated heterocycles. The zero-order chi connectivity index (χ0) is 14.4. The van der Waals surface area contributed by atoms with E-state index in [0.717, 1.165) is 31.6 Å². The quantitative estimate of drug-likeness (QED) is 0.587. The van der Waals surface area contributed by atoms with Crippen molar-refractivity contribution in [3.63, 3.8) is 0 Å². The lowest BCUT2D eigenvalue weighted by Crippen LogP contribution is -2.44. The zero-order valence-electron chi connectivity index (χ0n) is 12.5. The number of rotatable bonds is 6. The third kappa shape index (κ3) is 4.07. The van der Waals surface area contributed by atoms with Gasteiger partial charge >= 0.3 is 0 Å². The number of aldehydes is 1. The Hall–Kier alpha value is -1.35. The topological polar surface area (TPSA) is 29.5 Å². The van der Waals surface area contributed by atoms with Crippen LogP contribution >= 0.6 is 0 Å². The Morgan fingerprint density at radius 3 is 2.45 bits per heavy atom. The summed E-state index contributed by atoms with van der Waals surface area (Å²) in [5, 5.41) is 0. The van der Waals surface area contributed by atoms with Gasteiger partial charge in [-0.05, 0) is 57.4 Å². The highest BCUT2D eigenvalue weighted by Gasteiger charge is 2.23. The van der Waals surface area contributed by atoms with Crippen LogP contribution < -0.4 is 4.74 Å². The molecule has 0 N–H and O–H groups in total. The fourth-order valence-electron chi connectivity index (χ4n) is 3.00. The lowest BCUT2D eigenvalue weighted by molar-refractivity contribution is 0.0961. The first kappa shape index (κ1) is 15.0. The lowest BCUT2D eigenvalue weighted by Gasteiger charge is -2.39. The maximum Gasteiger partial charge on any atom is 0.150 e. The van der Waals surface area contributed by atoms with Crippen LogP contribution in [0.4, 0.5) is 0 Å². The van der Waals surface area contributed by atoms with Gasteiger partial charge in [0, 0.05) is 24.2 Å². The van der Waals surface area contributed by atoms with E-state index >= 15 is 0 Å². The molecule has 0 radical (unpaired) electrons. The molecule has 1 aliphatic heterocycles. The first-order valence-electron chi connectivity index (χ1n) is 7.64. The van der Waals surface area contributed by atoms with Crippen molar-refractivity contribution in [2.45, 2.75) is 51.6 Å². The minimum Gasteiger partial charge on any atom is -0.494 e. The predicted molar refractivity (Wildman–Crippen MR) is 81.4 cm³/mol. The molecule has 0 aliphatic carbocycles. The van der Waals surface area contributed by atoms with Crippen LogP contribution in [0.2, 0.25) is 0 Å². The molecule has 3 nitrogen and oxygen atoms in total. The summed E-state index contributed by atoms with van der Waals surface area (Å²) in [7, 11) is 0. The van der Waals surface area contributed by atoms with E-state index < -0.39 is 0 Å². The van der Waals surface area contributed by atoms with E-state index in [1.807, 2.05) is 12.1 Å². The van der Waals surface area contributed by atoms with Crippen LogP contribution in [0.25, 0.3) is 0 Å². The minimum absolute atomic E-state index is 0.688. The van der Waals surface area contributed by atoms with E-state index in [0.29, 0.717) is 17.6 Å². The summed E-state index contributed by atoms with van der Waals surface area (Å²) >= 11 is 0. The van der Waals surface area contributed by atoms with Crippen LogP contribution in [-0.4, -0.2) is 36.4 Å². The average Bonchev–Trinajstić information content (AvgIpc) is 2.46. The SMILES string of the molecule is C[C@@H]1CCC[C@@H](C)N1CCCOc1ccc(C=O)cc1. The molecule has 1 fully saturated rings. The molecule has 0 spiro atoms. The normalized spacial score (nSPS) is 23.5. The number of nitrogens with zero attached hydrogens (tertiary/aromatic N) is 1. The fourth-order valence-corrected chi connectivity index (χ4v) is 3.00. The highest BCUT2D eigenvalue weighted by atomic mass is 16.5. The summed E-state index contributed by atoms with van der Waals surface area (Å²) in [6, 6.07) is 8.69. The first-order valence-corrected chi connectivity index (χ1v) is 7.64. The number of carbonyl (C=O) groups excluding carboxylic acids is 1. The molecule has 2 atom stereocenters. The molecule has 0 amide bonds. The van der Waals surface area contributed by atoms with Gasteiger partial charge in [0.25, 0.3) is 0 Å². The summed E-state index contributed by atoms with van der Waals surface area (Å²) in [4.78, 5) is 13.2. The number of ether oxygens (including phenoxy) is 1. The van der Waals surface area contributed by atoms with Gasteiger partial charge < -0.3 is 4.74 Å². The van der Waals surface area contributed by atoms with Crippen molar-refractivity contribution < 1.29 is 9.53 Å². The molecule has 1 aromatic rings. The average molecular weight is 275 g/mol. The number of likely N-dealkylation sites (tertiary alicyclic amines) is 1. The Morgan fingerprint density at radius 2 is 1.85 bits per heavy atom. The Kier molecular flexibility index (Phi) is 5.60. The highest BCUT2D eigenvalue weighted by Crippen LogP contribution is 2.22. The maximum absolute atomic E-state index is 10.6. The molecule has 3 heteroatoms. The number of hydrogen-bond acceptors (Lipinski definition) is 3. The van der Waals surface area contributed by atoms with Gasteiger partial charge in [-0.2, -0.15) is 0 Å². The third-order valence-corrected chi connectivity index (χ3v) is 4.22. The van der Waals surface area contributed by atoms with Gasteiger partial charge in [-0.25, -0.2) is 0 Å². The predicted octanol–water partition coefficient (Wildman–Crippen LogP) is 3.53. The second kappa shape index (κ2) is 7.44. The molecule has 1 aliphatic rings. The van der Waals surface area contributed by atoms with Gasteiger partial charge in [-0.3, -0.25) is 9.69 Å². The molecule has 20 heavy (non-hydrogen) atoms. The van der Waals surface area contributed by atoms with Gasteiger partial charge in [0.15, 0.2) is 0 Å². The molecule has 0 bridgehead atoms. The van der Waals surface area contributed by atoms with Crippen molar-refractivity contribution in [3.8, 4) is 5.75 Å². The van der Waals surface area contributed by atoms with Crippen molar-refractivity contribution in [2.24, 2.45) is 0 Å². The number of carbonyl (C=O) groups is 1. The molecule has 110 valence electrons. The van der Waals surface area contributed by atoms with Crippen LogP contribution in [0.1, 0.15) is 49.9 Å². The standard InChI is InChI=1S/C17H25NO2/c1-14-5-3-6-15(2)18(14)11-4-12-20-17-9-7-16(13-19)8-10-17/h7-10,13-15H,3-6,11-12H2,1-2H3/t14-,15-/m1/s1. The largest absolute Gasteiger partial charge is 0.494 e. The summed E-state index contributed by atoms with van der Waals surface area (Å²) in [6.07, 6.45) is 5.89. The second-order valence-electron chi connectivity index (χ2n) is 5.76. The summed E-state index contributed by atoms with van der Waals surface area (Å²) in [5.41, 5.74) is 0.688. The van der Waals surface area contributed by atoms with Gasteiger partial charge in [0.1, 0.15) is 12.0 Å². The molecule has 2 rings (SSSR count). The molecule has 0 unspecified atom stereocenters. The van der Waals surface area contributed by atoms with E-state index in [9.17, 15) is 4.79 Å². The molecule has 1 heterocycles. The maximum atomic E-state index is 10.6. The van der Waals surface area contributed by atoms with E-state index in [4.69, 9.17) is 4.74 Å². The van der Waals surface area contributed by atoms with Crippen LogP contribution in [0.3, 0.4) is 0 Å². The lowest BCUT2D eigenvalue weighted by atomic mass is 9.97. The van der Waals surface area contributed by atoms with E-state index in [1.165, 1.54) is 19.3 Å². The van der Waals surface area contributed by atoms with Crippen molar-refractivity contribution in [1.29, 1.82) is 0 Å². The summed E-state index contributed by atoms with van der Waals surface area (Å²) in [6.45, 7) is 6.49. The van der Waals surface area contributed by atoms with Crippen molar-refractivity contribution in [2.75, 3.05) is 13.2 Å². The number of piperidine rings is 1. The monoisotopic (exact) mass is 275 g/mol. The zero-order valence-corrected chi connectivity index (χ0v) is 12.5. The Balaban J connectivity index is 1.71. The first-order chi connectivity index (χ1) is 9.70. The highest BCUT2D eigenvalue weighted by molar-refractivity contribution is 5.74. The van der Waals surface area contributed by atoms with Gasteiger partial charge in [0.2, 0.25) is 0 Å². The van der Waals surface area contributed by atoms with E-state index in [2.05, 4.69) is 18.7 Å². The van der Waals surface area contributed by atoms with Crippen molar-refractivity contribution in [3.05, 3.63) is 29.8 Å². The van der Waals surface area contributed by atoms with E-state index in [-0.39, 0.29) is 0 Å². The van der Waals surface area contributed by atoms with Crippen molar-refractivity contribution >= 4 is 6.29 Å². The summed E-state index contributed by atoms with van der Waals surface area (Å²) < 4.78 is 5.72.